The average molecular weight is 294 g/mol. The Morgan fingerprint density at radius 3 is 2.48 bits per heavy atom. The Labute approximate surface area is 129 Å². The monoisotopic (exact) mass is 294 g/mol. The molecular formula is C18H30O3. The lowest BCUT2D eigenvalue weighted by Gasteiger charge is -2.10. The summed E-state index contributed by atoms with van der Waals surface area (Å²) in [5, 5.41) is 0. The third-order valence-electron chi connectivity index (χ3n) is 3.23. The molecule has 0 aromatic rings. The Balaban J connectivity index is 3.67. The van der Waals surface area contributed by atoms with Gasteiger partial charge in [-0.1, -0.05) is 55.7 Å². The third-order valence-corrected chi connectivity index (χ3v) is 3.23. The fourth-order valence-electron chi connectivity index (χ4n) is 1.92. The number of carbonyl (C=O) groups is 1. The van der Waals surface area contributed by atoms with Crippen LogP contribution in [0.2, 0.25) is 0 Å². The summed E-state index contributed by atoms with van der Waals surface area (Å²) in [5.74, 6) is -0.114. The van der Waals surface area contributed by atoms with Crippen LogP contribution in [0.15, 0.2) is 36.5 Å². The summed E-state index contributed by atoms with van der Waals surface area (Å²) in [5.41, 5.74) is 0. The second kappa shape index (κ2) is 15.0. The maximum absolute atomic E-state index is 10.9. The smallest absolute Gasteiger partial charge is 0.305 e. The molecule has 120 valence electrons. The zero-order valence-electron chi connectivity index (χ0n) is 13.7. The first-order valence-electron chi connectivity index (χ1n) is 7.78. The highest BCUT2D eigenvalue weighted by molar-refractivity contribution is 5.68. The molecule has 0 aromatic heterocycles. The van der Waals surface area contributed by atoms with Gasteiger partial charge in [-0.3, -0.25) is 4.79 Å². The first-order valence-corrected chi connectivity index (χ1v) is 7.78. The molecule has 0 fully saturated rings. The number of unbranched alkanes of at least 4 members (excludes halogenated alkanes) is 3. The van der Waals surface area contributed by atoms with Crippen molar-refractivity contribution in [3.8, 4) is 0 Å². The molecule has 0 aromatic carbocycles. The number of allylic oxidation sites excluding steroid dienone is 5. The van der Waals surface area contributed by atoms with E-state index in [9.17, 15) is 4.79 Å². The van der Waals surface area contributed by atoms with Gasteiger partial charge in [0, 0.05) is 13.5 Å². The van der Waals surface area contributed by atoms with Crippen LogP contribution >= 0.6 is 0 Å². The zero-order valence-corrected chi connectivity index (χ0v) is 13.7. The minimum absolute atomic E-state index is 0.114. The van der Waals surface area contributed by atoms with Gasteiger partial charge in [-0.15, -0.1) is 0 Å². The van der Waals surface area contributed by atoms with Crippen molar-refractivity contribution in [1.29, 1.82) is 0 Å². The van der Waals surface area contributed by atoms with Crippen molar-refractivity contribution < 1.29 is 14.3 Å². The van der Waals surface area contributed by atoms with E-state index in [-0.39, 0.29) is 12.1 Å². The van der Waals surface area contributed by atoms with Gasteiger partial charge in [0.15, 0.2) is 0 Å². The van der Waals surface area contributed by atoms with Crippen LogP contribution < -0.4 is 0 Å². The largest absolute Gasteiger partial charge is 0.469 e. The molecule has 0 saturated carbocycles. The van der Waals surface area contributed by atoms with Gasteiger partial charge in [-0.2, -0.15) is 0 Å². The first kappa shape index (κ1) is 19.7. The molecular weight excluding hydrogens is 264 g/mol. The lowest BCUT2D eigenvalue weighted by Crippen LogP contribution is -2.06. The van der Waals surface area contributed by atoms with E-state index in [4.69, 9.17) is 4.74 Å². The van der Waals surface area contributed by atoms with Crippen LogP contribution in [0.1, 0.15) is 51.9 Å². The van der Waals surface area contributed by atoms with Crippen molar-refractivity contribution in [2.24, 2.45) is 0 Å². The summed E-state index contributed by atoms with van der Waals surface area (Å²) in [6.07, 6.45) is 19.4. The Hall–Kier alpha value is -1.35. The number of carbonyl (C=O) groups excluding carboxylic acids is 1. The quantitative estimate of drug-likeness (QED) is 0.228. The Bertz CT molecular complexity index is 329. The molecule has 0 radical (unpaired) electrons. The van der Waals surface area contributed by atoms with E-state index in [1.807, 2.05) is 13.0 Å². The van der Waals surface area contributed by atoms with Crippen LogP contribution in [0, 0.1) is 0 Å². The van der Waals surface area contributed by atoms with Gasteiger partial charge >= 0.3 is 5.97 Å². The van der Waals surface area contributed by atoms with Crippen LogP contribution in [0.25, 0.3) is 0 Å². The zero-order chi connectivity index (χ0) is 15.8. The molecule has 3 nitrogen and oxygen atoms in total. The second-order valence-electron chi connectivity index (χ2n) is 4.92. The van der Waals surface area contributed by atoms with Gasteiger partial charge in [0.2, 0.25) is 0 Å². The third kappa shape index (κ3) is 13.4. The van der Waals surface area contributed by atoms with Crippen LogP contribution in [0.4, 0.5) is 0 Å². The Morgan fingerprint density at radius 1 is 1.05 bits per heavy atom. The molecule has 0 heterocycles. The van der Waals surface area contributed by atoms with Crippen molar-refractivity contribution in [3.63, 3.8) is 0 Å². The molecule has 21 heavy (non-hydrogen) atoms. The molecule has 0 N–H and O–H groups in total. The molecule has 3 heteroatoms. The molecule has 0 aliphatic carbocycles. The van der Waals surface area contributed by atoms with Crippen molar-refractivity contribution in [2.45, 2.75) is 58.0 Å². The number of ether oxygens (including phenoxy) is 2. The fraction of sp³-hybridized carbons (Fsp3) is 0.611. The van der Waals surface area contributed by atoms with Gasteiger partial charge in [-0.05, 0) is 26.2 Å². The normalized spacial score (nSPS) is 13.5. The van der Waals surface area contributed by atoms with E-state index >= 15 is 0 Å². The second-order valence-corrected chi connectivity index (χ2v) is 4.92. The van der Waals surface area contributed by atoms with Crippen molar-refractivity contribution in [1.82, 2.24) is 0 Å². The summed E-state index contributed by atoms with van der Waals surface area (Å²) < 4.78 is 10.0. The minimum atomic E-state index is -0.114. The van der Waals surface area contributed by atoms with Crippen LogP contribution in [-0.4, -0.2) is 26.3 Å². The molecule has 0 amide bonds. The Morgan fingerprint density at radius 2 is 1.81 bits per heavy atom. The lowest BCUT2D eigenvalue weighted by molar-refractivity contribution is -0.140. The highest BCUT2D eigenvalue weighted by Crippen LogP contribution is 2.10. The maximum atomic E-state index is 10.9. The average Bonchev–Trinajstić information content (AvgIpc) is 2.51. The van der Waals surface area contributed by atoms with Crippen molar-refractivity contribution in [3.05, 3.63) is 36.5 Å². The molecule has 0 aliphatic heterocycles. The number of esters is 1. The van der Waals surface area contributed by atoms with Crippen LogP contribution in [0.3, 0.4) is 0 Å². The molecule has 1 unspecified atom stereocenters. The van der Waals surface area contributed by atoms with E-state index in [1.165, 1.54) is 7.11 Å². The van der Waals surface area contributed by atoms with E-state index < -0.39 is 0 Å². The van der Waals surface area contributed by atoms with E-state index in [0.29, 0.717) is 6.42 Å². The fourth-order valence-corrected chi connectivity index (χ4v) is 1.92. The van der Waals surface area contributed by atoms with Gasteiger partial charge in [0.05, 0.1) is 13.2 Å². The standard InChI is InChI=1S/C18H30O3/c1-4-5-6-7-8-11-14-17(20-2)15-12-9-10-13-16-18(19)21-3/h4-5,7-8,11,14,17H,6,9-10,12-13,15-16H2,1-3H3. The number of hydrogen-bond acceptors (Lipinski definition) is 3. The van der Waals surface area contributed by atoms with Gasteiger partial charge in [0.25, 0.3) is 0 Å². The highest BCUT2D eigenvalue weighted by atomic mass is 16.5. The van der Waals surface area contributed by atoms with Crippen molar-refractivity contribution >= 4 is 5.97 Å². The Kier molecular flexibility index (Phi) is 14.1. The lowest BCUT2D eigenvalue weighted by atomic mass is 10.1. The molecule has 1 atom stereocenters. The van der Waals surface area contributed by atoms with E-state index in [0.717, 1.165) is 38.5 Å². The first-order chi connectivity index (χ1) is 10.2. The summed E-state index contributed by atoms with van der Waals surface area (Å²) in [6.45, 7) is 2.02. The van der Waals surface area contributed by atoms with Crippen LogP contribution in [-0.2, 0) is 14.3 Å². The van der Waals surface area contributed by atoms with Gasteiger partial charge < -0.3 is 9.47 Å². The predicted molar refractivity (Wildman–Crippen MR) is 88.2 cm³/mol. The molecule has 0 rings (SSSR count). The van der Waals surface area contributed by atoms with Crippen LogP contribution in [0.5, 0.6) is 0 Å². The minimum Gasteiger partial charge on any atom is -0.469 e. The summed E-state index contributed by atoms with van der Waals surface area (Å²) in [6, 6.07) is 0. The maximum Gasteiger partial charge on any atom is 0.305 e. The molecule has 0 aliphatic rings. The number of hydrogen-bond donors (Lipinski definition) is 0. The summed E-state index contributed by atoms with van der Waals surface area (Å²) in [7, 11) is 3.18. The number of rotatable bonds is 12. The SMILES string of the molecule is CC=CCC=CC=CC(CCCCCCC(=O)OC)OC. The van der Waals surface area contributed by atoms with Crippen molar-refractivity contribution in [2.75, 3.05) is 14.2 Å². The van der Waals surface area contributed by atoms with E-state index in [1.54, 1.807) is 7.11 Å². The highest BCUT2D eigenvalue weighted by Gasteiger charge is 2.03. The molecule has 0 saturated heterocycles. The topological polar surface area (TPSA) is 35.5 Å². The molecule has 0 bridgehead atoms. The summed E-state index contributed by atoms with van der Waals surface area (Å²) >= 11 is 0. The summed E-state index contributed by atoms with van der Waals surface area (Å²) in [4.78, 5) is 10.9. The molecule has 0 spiro atoms. The number of methoxy groups -OCH3 is 2. The predicted octanol–water partition coefficient (Wildman–Crippen LogP) is 4.59. The van der Waals surface area contributed by atoms with E-state index in [2.05, 4.69) is 35.1 Å². The van der Waals surface area contributed by atoms with Gasteiger partial charge in [-0.25, -0.2) is 0 Å². The van der Waals surface area contributed by atoms with Gasteiger partial charge in [0.1, 0.15) is 0 Å².